The normalized spacial score (nSPS) is 19.9. The van der Waals surface area contributed by atoms with Crippen LogP contribution in [0.4, 0.5) is 5.95 Å². The van der Waals surface area contributed by atoms with Crippen molar-refractivity contribution in [3.05, 3.63) is 57.4 Å². The van der Waals surface area contributed by atoms with E-state index >= 15 is 0 Å². The molecule has 1 aliphatic heterocycles. The lowest BCUT2D eigenvalue weighted by Gasteiger charge is -2.38. The Morgan fingerprint density at radius 3 is 2.77 bits per heavy atom. The van der Waals surface area contributed by atoms with Crippen LogP contribution in [0.3, 0.4) is 0 Å². The maximum absolute atomic E-state index is 13.3. The van der Waals surface area contributed by atoms with E-state index in [2.05, 4.69) is 37.5 Å². The van der Waals surface area contributed by atoms with E-state index in [0.29, 0.717) is 18.2 Å². The molecule has 1 aliphatic carbocycles. The highest BCUT2D eigenvalue weighted by molar-refractivity contribution is 7.10. The summed E-state index contributed by atoms with van der Waals surface area (Å²) in [6.45, 7) is 6.37. The quantitative estimate of drug-likeness (QED) is 0.647. The number of allylic oxidation sites excluding steroid dienone is 2. The summed E-state index contributed by atoms with van der Waals surface area (Å²) < 4.78 is 7.39. The first-order valence-electron chi connectivity index (χ1n) is 10.0. The molecule has 0 saturated heterocycles. The van der Waals surface area contributed by atoms with Crippen molar-refractivity contribution in [1.29, 1.82) is 0 Å². The molecule has 6 nitrogen and oxygen atoms in total. The molecule has 1 atom stereocenters. The summed E-state index contributed by atoms with van der Waals surface area (Å²) >= 11 is 1.66. The second kappa shape index (κ2) is 6.80. The number of hydrogen-bond acceptors (Lipinski definition) is 6. The van der Waals surface area contributed by atoms with E-state index in [1.807, 2.05) is 28.9 Å². The van der Waals surface area contributed by atoms with Crippen LogP contribution in [-0.4, -0.2) is 27.7 Å². The third kappa shape index (κ3) is 2.96. The molecule has 0 bridgehead atoms. The number of thiophene rings is 1. The van der Waals surface area contributed by atoms with Crippen molar-refractivity contribution < 1.29 is 9.53 Å². The number of carbonyl (C=O) groups is 1. The molecule has 0 radical (unpaired) electrons. The summed E-state index contributed by atoms with van der Waals surface area (Å²) in [4.78, 5) is 19.2. The summed E-state index contributed by atoms with van der Waals surface area (Å²) in [5, 5.41) is 10.4. The van der Waals surface area contributed by atoms with Gasteiger partial charge < -0.3 is 10.1 Å². The number of aryl methyl sites for hydroxylation is 1. The molecular weight excluding hydrogens is 396 g/mol. The lowest BCUT2D eigenvalue weighted by molar-refractivity contribution is -0.118. The molecule has 2 aliphatic rings. The Balaban J connectivity index is 1.70. The Morgan fingerprint density at radius 2 is 2.03 bits per heavy atom. The van der Waals surface area contributed by atoms with E-state index < -0.39 is 0 Å². The minimum absolute atomic E-state index is 0.0777. The van der Waals surface area contributed by atoms with E-state index in [-0.39, 0.29) is 17.2 Å². The summed E-state index contributed by atoms with van der Waals surface area (Å²) in [7, 11) is 1.64. The SMILES string of the molecule is COc1ccccc1-c1nc2n(n1)C(c1sccc1C)C1=C(CC(C)(C)CC1=O)N2. The third-order valence-corrected chi connectivity index (χ3v) is 6.90. The van der Waals surface area contributed by atoms with Crippen LogP contribution in [0.5, 0.6) is 5.75 Å². The van der Waals surface area contributed by atoms with Crippen molar-refractivity contribution >= 4 is 23.1 Å². The lowest BCUT2D eigenvalue weighted by Crippen LogP contribution is -2.36. The maximum Gasteiger partial charge on any atom is 0.226 e. The fourth-order valence-corrected chi connectivity index (χ4v) is 5.48. The van der Waals surface area contributed by atoms with E-state index in [1.165, 1.54) is 0 Å². The second-order valence-corrected chi connectivity index (χ2v) is 9.68. The minimum Gasteiger partial charge on any atom is -0.496 e. The third-order valence-electron chi connectivity index (χ3n) is 5.83. The van der Waals surface area contributed by atoms with Gasteiger partial charge in [-0.2, -0.15) is 4.98 Å². The number of methoxy groups -OCH3 is 1. The molecule has 0 spiro atoms. The van der Waals surface area contributed by atoms with Gasteiger partial charge in [-0.25, -0.2) is 4.68 Å². The molecule has 2 aromatic heterocycles. The van der Waals surface area contributed by atoms with Gasteiger partial charge in [0.25, 0.3) is 0 Å². The zero-order chi connectivity index (χ0) is 21.0. The predicted molar refractivity (Wildman–Crippen MR) is 118 cm³/mol. The van der Waals surface area contributed by atoms with Gasteiger partial charge in [-0.05, 0) is 47.9 Å². The van der Waals surface area contributed by atoms with Crippen LogP contribution in [0, 0.1) is 12.3 Å². The topological polar surface area (TPSA) is 69.0 Å². The van der Waals surface area contributed by atoms with Crippen molar-refractivity contribution in [2.45, 2.75) is 39.7 Å². The number of hydrogen-bond donors (Lipinski definition) is 1. The largest absolute Gasteiger partial charge is 0.496 e. The van der Waals surface area contributed by atoms with Crippen LogP contribution in [0.25, 0.3) is 11.4 Å². The molecule has 30 heavy (non-hydrogen) atoms. The maximum atomic E-state index is 13.3. The number of anilines is 1. The molecule has 7 heteroatoms. The van der Waals surface area contributed by atoms with E-state index in [1.54, 1.807) is 18.4 Å². The number of fused-ring (bicyclic) bond motifs is 1. The van der Waals surface area contributed by atoms with Crippen molar-refractivity contribution in [3.63, 3.8) is 0 Å². The van der Waals surface area contributed by atoms with Crippen LogP contribution in [-0.2, 0) is 4.79 Å². The number of aromatic nitrogens is 3. The van der Waals surface area contributed by atoms with Gasteiger partial charge in [0.1, 0.15) is 11.8 Å². The zero-order valence-corrected chi connectivity index (χ0v) is 18.3. The van der Waals surface area contributed by atoms with Gasteiger partial charge in [0, 0.05) is 22.6 Å². The molecule has 0 fully saturated rings. The number of ketones is 1. The van der Waals surface area contributed by atoms with Crippen LogP contribution < -0.4 is 10.1 Å². The number of para-hydroxylation sites is 1. The fourth-order valence-electron chi connectivity index (χ4n) is 4.46. The van der Waals surface area contributed by atoms with Gasteiger partial charge >= 0.3 is 0 Å². The van der Waals surface area contributed by atoms with Crippen molar-refractivity contribution in [1.82, 2.24) is 14.8 Å². The van der Waals surface area contributed by atoms with Crippen molar-refractivity contribution in [3.8, 4) is 17.1 Å². The first-order chi connectivity index (χ1) is 14.4. The summed E-state index contributed by atoms with van der Waals surface area (Å²) in [5.74, 6) is 2.16. The highest BCUT2D eigenvalue weighted by atomic mass is 32.1. The van der Waals surface area contributed by atoms with Gasteiger partial charge in [-0.15, -0.1) is 16.4 Å². The minimum atomic E-state index is -0.254. The number of nitrogens with zero attached hydrogens (tertiary/aromatic N) is 3. The Bertz CT molecular complexity index is 1190. The molecule has 3 heterocycles. The van der Waals surface area contributed by atoms with Crippen molar-refractivity contribution in [2.75, 3.05) is 12.4 Å². The Hall–Kier alpha value is -2.93. The summed E-state index contributed by atoms with van der Waals surface area (Å²) in [5.41, 5.74) is 3.71. The number of Topliss-reactive ketones (excluding diaryl/α,β-unsaturated/α-hetero) is 1. The van der Waals surface area contributed by atoms with Gasteiger partial charge in [0.05, 0.1) is 12.7 Å². The molecule has 1 unspecified atom stereocenters. The molecule has 154 valence electrons. The molecule has 0 amide bonds. The Morgan fingerprint density at radius 1 is 1.23 bits per heavy atom. The lowest BCUT2D eigenvalue weighted by atomic mass is 9.73. The smallest absolute Gasteiger partial charge is 0.226 e. The van der Waals surface area contributed by atoms with Crippen LogP contribution in [0.2, 0.25) is 0 Å². The molecule has 1 N–H and O–H groups in total. The molecule has 0 saturated carbocycles. The first-order valence-corrected chi connectivity index (χ1v) is 10.9. The Kier molecular flexibility index (Phi) is 4.32. The molecule has 3 aromatic rings. The second-order valence-electron chi connectivity index (χ2n) is 8.73. The van der Waals surface area contributed by atoms with Crippen molar-refractivity contribution in [2.24, 2.45) is 5.41 Å². The van der Waals surface area contributed by atoms with Crippen LogP contribution in [0.1, 0.15) is 43.2 Å². The number of ether oxygens (including phenoxy) is 1. The van der Waals surface area contributed by atoms with Gasteiger partial charge in [-0.3, -0.25) is 4.79 Å². The summed E-state index contributed by atoms with van der Waals surface area (Å²) in [6, 6.07) is 9.57. The first kappa shape index (κ1) is 19.1. The van der Waals surface area contributed by atoms with Gasteiger partial charge in [-0.1, -0.05) is 26.0 Å². The number of carbonyl (C=O) groups excluding carboxylic acids is 1. The highest BCUT2D eigenvalue weighted by Crippen LogP contribution is 2.47. The number of benzene rings is 1. The number of nitrogens with one attached hydrogen (secondary N) is 1. The summed E-state index contributed by atoms with van der Waals surface area (Å²) in [6.07, 6.45) is 1.35. The van der Waals surface area contributed by atoms with E-state index in [0.717, 1.165) is 39.4 Å². The fraction of sp³-hybridized carbons (Fsp3) is 0.348. The molecule has 5 rings (SSSR count). The predicted octanol–water partition coefficient (Wildman–Crippen LogP) is 4.98. The van der Waals surface area contributed by atoms with Gasteiger partial charge in [0.2, 0.25) is 5.95 Å². The zero-order valence-electron chi connectivity index (χ0n) is 17.5. The monoisotopic (exact) mass is 420 g/mol. The molecule has 1 aromatic carbocycles. The van der Waals surface area contributed by atoms with Crippen LogP contribution in [0.15, 0.2) is 47.0 Å². The van der Waals surface area contributed by atoms with E-state index in [9.17, 15) is 4.79 Å². The average Bonchev–Trinajstić information content (AvgIpc) is 3.31. The van der Waals surface area contributed by atoms with Gasteiger partial charge in [0.15, 0.2) is 11.6 Å². The standard InChI is InChI=1S/C23H24N4O2S/c1-13-9-10-30-20(13)19-18-15(11-23(2,3)12-16(18)28)24-22-25-21(26-27(19)22)14-7-5-6-8-17(14)29-4/h5-10,19H,11-12H2,1-4H3,(H,24,25,26). The average molecular weight is 421 g/mol. The molecular formula is C23H24N4O2S. The van der Waals surface area contributed by atoms with E-state index in [4.69, 9.17) is 14.8 Å². The number of rotatable bonds is 3. The highest BCUT2D eigenvalue weighted by Gasteiger charge is 2.42. The Labute approximate surface area is 179 Å². The van der Waals surface area contributed by atoms with Crippen LogP contribution >= 0.6 is 11.3 Å².